The molecule has 4 atom stereocenters. The Morgan fingerprint density at radius 3 is 1.77 bits per heavy atom. The molecule has 11 N–H and O–H groups in total. The highest BCUT2D eigenvalue weighted by Crippen LogP contribution is 2.12. The second-order valence-corrected chi connectivity index (χ2v) is 10.2. The number of aromatic hydroxyl groups is 1. The number of carbonyl (C=O) groups excluding carboxylic acids is 3. The molecule has 0 saturated carbocycles. The largest absolute Gasteiger partial charge is 0.508 e. The van der Waals surface area contributed by atoms with Gasteiger partial charge in [-0.15, -0.1) is 0 Å². The summed E-state index contributed by atoms with van der Waals surface area (Å²) in [7, 11) is 0. The molecule has 0 radical (unpaired) electrons. The van der Waals surface area contributed by atoms with Crippen LogP contribution >= 0.6 is 0 Å². The van der Waals surface area contributed by atoms with Gasteiger partial charge in [-0.25, -0.2) is 4.79 Å². The van der Waals surface area contributed by atoms with Gasteiger partial charge in [0.25, 0.3) is 0 Å². The number of rotatable bonds is 19. The molecule has 1 aromatic carbocycles. The van der Waals surface area contributed by atoms with E-state index < -0.39 is 47.9 Å². The predicted molar refractivity (Wildman–Crippen MR) is 148 cm³/mol. The second kappa shape index (κ2) is 18.1. The SMILES string of the molecule is CC(C)CC(NC(=O)C(CCCCN)NC(=O)C(N)Cc1ccc(O)cc1)C(=O)NC(CCCCN)C(=O)O. The Hall–Kier alpha value is -3.22. The maximum absolute atomic E-state index is 13.3. The van der Waals surface area contributed by atoms with Crippen LogP contribution < -0.4 is 33.2 Å². The van der Waals surface area contributed by atoms with Gasteiger partial charge in [-0.1, -0.05) is 26.0 Å². The third kappa shape index (κ3) is 13.4. The fourth-order valence-electron chi connectivity index (χ4n) is 4.02. The Morgan fingerprint density at radius 2 is 1.26 bits per heavy atom. The third-order valence-electron chi connectivity index (χ3n) is 6.21. The van der Waals surface area contributed by atoms with Gasteiger partial charge >= 0.3 is 5.97 Å². The number of nitrogens with one attached hydrogen (secondary N) is 3. The molecule has 12 nitrogen and oxygen atoms in total. The summed E-state index contributed by atoms with van der Waals surface area (Å²) in [6, 6.07) is 2.30. The van der Waals surface area contributed by atoms with Gasteiger partial charge in [0.05, 0.1) is 6.04 Å². The Bertz CT molecular complexity index is 911. The zero-order valence-corrected chi connectivity index (χ0v) is 23.0. The Balaban J connectivity index is 2.95. The maximum Gasteiger partial charge on any atom is 0.326 e. The van der Waals surface area contributed by atoms with Crippen molar-refractivity contribution < 1.29 is 29.4 Å². The summed E-state index contributed by atoms with van der Waals surface area (Å²) in [4.78, 5) is 50.9. The lowest BCUT2D eigenvalue weighted by Crippen LogP contribution is -2.57. The van der Waals surface area contributed by atoms with E-state index in [4.69, 9.17) is 17.2 Å². The molecule has 0 aliphatic carbocycles. The molecule has 0 spiro atoms. The van der Waals surface area contributed by atoms with Gasteiger partial charge in [-0.2, -0.15) is 0 Å². The van der Waals surface area contributed by atoms with Crippen molar-refractivity contribution in [1.82, 2.24) is 16.0 Å². The number of benzene rings is 1. The number of phenolic OH excluding ortho intramolecular Hbond substituents is 1. The first-order chi connectivity index (χ1) is 18.5. The molecule has 0 aliphatic heterocycles. The number of carbonyl (C=O) groups is 4. The van der Waals surface area contributed by atoms with Crippen LogP contribution in [0, 0.1) is 5.92 Å². The lowest BCUT2D eigenvalue weighted by molar-refractivity contribution is -0.142. The number of aliphatic carboxylic acids is 1. The molecule has 1 rings (SSSR count). The van der Waals surface area contributed by atoms with Crippen molar-refractivity contribution in [2.45, 2.75) is 89.4 Å². The molecular weight excluding hydrogens is 504 g/mol. The molecule has 0 aliphatic rings. The lowest BCUT2D eigenvalue weighted by atomic mass is 10.0. The van der Waals surface area contributed by atoms with Crippen molar-refractivity contribution in [3.8, 4) is 5.75 Å². The zero-order valence-electron chi connectivity index (χ0n) is 23.0. The van der Waals surface area contributed by atoms with Gasteiger partial charge in [0.2, 0.25) is 17.7 Å². The van der Waals surface area contributed by atoms with Gasteiger partial charge in [-0.3, -0.25) is 14.4 Å². The molecule has 4 unspecified atom stereocenters. The molecule has 1 aromatic rings. The summed E-state index contributed by atoms with van der Waals surface area (Å²) in [6.45, 7) is 4.60. The highest BCUT2D eigenvalue weighted by atomic mass is 16.4. The minimum Gasteiger partial charge on any atom is -0.508 e. The number of unbranched alkanes of at least 4 members (excludes halogenated alkanes) is 2. The highest BCUT2D eigenvalue weighted by molar-refractivity contribution is 5.94. The number of phenols is 1. The van der Waals surface area contributed by atoms with E-state index in [1.165, 1.54) is 12.1 Å². The normalized spacial score (nSPS) is 14.2. The van der Waals surface area contributed by atoms with Gasteiger partial charge in [0.15, 0.2) is 0 Å². The predicted octanol–water partition coefficient (Wildman–Crippen LogP) is 0.105. The quantitative estimate of drug-likeness (QED) is 0.109. The summed E-state index contributed by atoms with van der Waals surface area (Å²) in [6.07, 6.45) is 3.34. The van der Waals surface area contributed by atoms with Crippen LogP contribution in [0.4, 0.5) is 0 Å². The summed E-state index contributed by atoms with van der Waals surface area (Å²) < 4.78 is 0. The molecular formula is C27H46N6O6. The van der Waals surface area contributed by atoms with Crippen LogP contribution in [0.5, 0.6) is 5.75 Å². The molecule has 0 fully saturated rings. The van der Waals surface area contributed by atoms with Gasteiger partial charge in [-0.05, 0) is 88.1 Å². The topological polar surface area (TPSA) is 223 Å². The van der Waals surface area contributed by atoms with E-state index in [2.05, 4.69) is 16.0 Å². The first-order valence-corrected chi connectivity index (χ1v) is 13.6. The number of carboxylic acids is 1. The Kier molecular flexibility index (Phi) is 15.7. The van der Waals surface area contributed by atoms with Gasteiger partial charge in [0.1, 0.15) is 23.9 Å². The molecule has 0 saturated heterocycles. The molecule has 39 heavy (non-hydrogen) atoms. The third-order valence-corrected chi connectivity index (χ3v) is 6.21. The number of amides is 3. The standard InChI is InChI=1S/C27H46N6O6/c1-17(2)15-23(26(37)32-22(27(38)39)8-4-6-14-29)33-25(36)21(7-3-5-13-28)31-24(35)20(30)16-18-9-11-19(34)12-10-18/h9-12,17,20-23,34H,3-8,13-16,28-30H2,1-2H3,(H,31,35)(H,32,37)(H,33,36)(H,38,39). The van der Waals surface area contributed by atoms with Crippen LogP contribution in [0.2, 0.25) is 0 Å². The molecule has 3 amide bonds. The highest BCUT2D eigenvalue weighted by Gasteiger charge is 2.30. The first kappa shape index (κ1) is 33.8. The van der Waals surface area contributed by atoms with Crippen LogP contribution in [0.25, 0.3) is 0 Å². The van der Waals surface area contributed by atoms with Gasteiger partial charge in [0, 0.05) is 0 Å². The maximum atomic E-state index is 13.3. The minimum absolute atomic E-state index is 0.0191. The zero-order chi connectivity index (χ0) is 29.4. The smallest absolute Gasteiger partial charge is 0.326 e. The van der Waals surface area contributed by atoms with Crippen molar-refractivity contribution in [2.75, 3.05) is 13.1 Å². The molecule has 0 heterocycles. The van der Waals surface area contributed by atoms with Crippen LogP contribution in [-0.4, -0.2) is 71.2 Å². The van der Waals surface area contributed by atoms with Crippen LogP contribution in [0.15, 0.2) is 24.3 Å². The van der Waals surface area contributed by atoms with E-state index in [0.29, 0.717) is 38.8 Å². The van der Waals surface area contributed by atoms with Crippen molar-refractivity contribution in [1.29, 1.82) is 0 Å². The van der Waals surface area contributed by atoms with Crippen LogP contribution in [-0.2, 0) is 25.6 Å². The van der Waals surface area contributed by atoms with E-state index in [-0.39, 0.29) is 37.4 Å². The number of hydrogen-bond acceptors (Lipinski definition) is 8. The molecule has 0 bridgehead atoms. The van der Waals surface area contributed by atoms with E-state index in [0.717, 1.165) is 5.56 Å². The average molecular weight is 551 g/mol. The number of hydrogen-bond donors (Lipinski definition) is 8. The molecule has 12 heteroatoms. The summed E-state index contributed by atoms with van der Waals surface area (Å²) in [5, 5.41) is 26.9. The van der Waals surface area contributed by atoms with Crippen molar-refractivity contribution >= 4 is 23.7 Å². The van der Waals surface area contributed by atoms with Crippen LogP contribution in [0.1, 0.15) is 64.4 Å². The summed E-state index contributed by atoms with van der Waals surface area (Å²) >= 11 is 0. The van der Waals surface area contributed by atoms with E-state index >= 15 is 0 Å². The fraction of sp³-hybridized carbons (Fsp3) is 0.630. The number of carboxylic acid groups (broad SMARTS) is 1. The average Bonchev–Trinajstić information content (AvgIpc) is 2.87. The molecule has 0 aromatic heterocycles. The summed E-state index contributed by atoms with van der Waals surface area (Å²) in [5.74, 6) is -2.75. The number of nitrogens with two attached hydrogens (primary N) is 3. The Labute approximate surface area is 230 Å². The second-order valence-electron chi connectivity index (χ2n) is 10.2. The summed E-state index contributed by atoms with van der Waals surface area (Å²) in [5.41, 5.74) is 17.9. The molecule has 220 valence electrons. The minimum atomic E-state index is -1.16. The van der Waals surface area contributed by atoms with E-state index in [1.807, 2.05) is 13.8 Å². The van der Waals surface area contributed by atoms with Crippen molar-refractivity contribution in [2.24, 2.45) is 23.1 Å². The van der Waals surface area contributed by atoms with E-state index in [9.17, 15) is 29.4 Å². The van der Waals surface area contributed by atoms with E-state index in [1.54, 1.807) is 12.1 Å². The van der Waals surface area contributed by atoms with Gasteiger partial charge < -0.3 is 43.4 Å². The van der Waals surface area contributed by atoms with Crippen molar-refractivity contribution in [3.63, 3.8) is 0 Å². The first-order valence-electron chi connectivity index (χ1n) is 13.6. The Morgan fingerprint density at radius 1 is 0.769 bits per heavy atom. The fourth-order valence-corrected chi connectivity index (χ4v) is 4.02. The lowest BCUT2D eigenvalue weighted by Gasteiger charge is -2.26. The van der Waals surface area contributed by atoms with Crippen LogP contribution in [0.3, 0.4) is 0 Å². The monoisotopic (exact) mass is 550 g/mol. The van der Waals surface area contributed by atoms with Crippen molar-refractivity contribution in [3.05, 3.63) is 29.8 Å².